The molecular weight excluding hydrogens is 296 g/mol. The molecule has 1 atom stereocenters. The van der Waals surface area contributed by atoms with E-state index in [2.05, 4.69) is 28.1 Å². The van der Waals surface area contributed by atoms with Gasteiger partial charge >= 0.3 is 0 Å². The van der Waals surface area contributed by atoms with Crippen LogP contribution in [0.3, 0.4) is 0 Å². The van der Waals surface area contributed by atoms with Gasteiger partial charge in [0, 0.05) is 15.1 Å². The summed E-state index contributed by atoms with van der Waals surface area (Å²) in [6.07, 6.45) is 6.19. The molecule has 0 aliphatic heterocycles. The van der Waals surface area contributed by atoms with Crippen molar-refractivity contribution < 1.29 is 5.11 Å². The maximum Gasteiger partial charge on any atom is 0.0636 e. The Balaban J connectivity index is 1.73. The lowest BCUT2D eigenvalue weighted by molar-refractivity contribution is 0.166. The third-order valence-electron chi connectivity index (χ3n) is 3.32. The number of hydrogen-bond acceptors (Lipinski definition) is 2. The van der Waals surface area contributed by atoms with Crippen LogP contribution in [0.5, 0.6) is 0 Å². The topological polar surface area (TPSA) is 20.2 Å². The quantitative estimate of drug-likeness (QED) is 0.808. The minimum atomic E-state index is -0.151. The van der Waals surface area contributed by atoms with Gasteiger partial charge in [-0.25, -0.2) is 0 Å². The lowest BCUT2D eigenvalue weighted by atomic mass is 10.0. The zero-order chi connectivity index (χ0) is 12.1. The Labute approximate surface area is 116 Å². The van der Waals surface area contributed by atoms with Crippen LogP contribution in [0.2, 0.25) is 0 Å². The van der Waals surface area contributed by atoms with Gasteiger partial charge in [-0.2, -0.15) is 0 Å². The number of hydrogen-bond donors (Lipinski definition) is 1. The molecule has 0 saturated heterocycles. The molecule has 1 N–H and O–H groups in total. The van der Waals surface area contributed by atoms with Gasteiger partial charge in [0.15, 0.2) is 0 Å². The van der Waals surface area contributed by atoms with E-state index in [0.29, 0.717) is 0 Å². The Hall–Kier alpha value is 0.01000. The largest absolute Gasteiger partial charge is 0.392 e. The van der Waals surface area contributed by atoms with E-state index in [0.717, 1.165) is 22.6 Å². The first-order chi connectivity index (χ1) is 8.24. The zero-order valence-corrected chi connectivity index (χ0v) is 12.3. The Morgan fingerprint density at radius 3 is 2.82 bits per heavy atom. The summed E-state index contributed by atoms with van der Waals surface area (Å²) < 4.78 is 1.10. The van der Waals surface area contributed by atoms with Crippen molar-refractivity contribution in [2.75, 3.05) is 5.75 Å². The fraction of sp³-hybridized carbons (Fsp3) is 0.571. The van der Waals surface area contributed by atoms with Gasteiger partial charge in [-0.15, -0.1) is 11.8 Å². The van der Waals surface area contributed by atoms with Crippen LogP contribution in [0.1, 0.15) is 32.1 Å². The van der Waals surface area contributed by atoms with E-state index < -0.39 is 0 Å². The molecule has 1 aromatic rings. The van der Waals surface area contributed by atoms with E-state index in [4.69, 9.17) is 0 Å². The Morgan fingerprint density at radius 2 is 2.12 bits per heavy atom. The highest BCUT2D eigenvalue weighted by atomic mass is 79.9. The fourth-order valence-electron chi connectivity index (χ4n) is 2.45. The molecule has 17 heavy (non-hydrogen) atoms. The van der Waals surface area contributed by atoms with E-state index in [1.807, 2.05) is 12.1 Å². The van der Waals surface area contributed by atoms with Crippen LogP contribution >= 0.6 is 27.7 Å². The van der Waals surface area contributed by atoms with Gasteiger partial charge in [0.1, 0.15) is 0 Å². The van der Waals surface area contributed by atoms with Crippen LogP contribution in [0, 0.1) is 5.92 Å². The molecule has 1 unspecified atom stereocenters. The summed E-state index contributed by atoms with van der Waals surface area (Å²) in [7, 11) is 0. The molecule has 0 amide bonds. The summed E-state index contributed by atoms with van der Waals surface area (Å²) in [5, 5.41) is 10.0. The normalized spacial score (nSPS) is 18.5. The van der Waals surface area contributed by atoms with Gasteiger partial charge in [-0.1, -0.05) is 47.7 Å². The van der Waals surface area contributed by atoms with Gasteiger partial charge in [0.05, 0.1) is 6.10 Å². The summed E-state index contributed by atoms with van der Waals surface area (Å²) in [4.78, 5) is 1.23. The van der Waals surface area contributed by atoms with Crippen molar-refractivity contribution in [3.05, 3.63) is 28.7 Å². The minimum Gasteiger partial charge on any atom is -0.392 e. The number of aliphatic hydroxyl groups is 1. The molecule has 1 fully saturated rings. The number of rotatable bonds is 5. The second-order valence-electron chi connectivity index (χ2n) is 4.81. The van der Waals surface area contributed by atoms with E-state index in [1.54, 1.807) is 11.8 Å². The van der Waals surface area contributed by atoms with Crippen LogP contribution in [-0.2, 0) is 0 Å². The molecule has 0 radical (unpaired) electrons. The van der Waals surface area contributed by atoms with Crippen molar-refractivity contribution in [3.63, 3.8) is 0 Å². The molecule has 0 heterocycles. The Morgan fingerprint density at radius 1 is 1.35 bits per heavy atom. The number of aliphatic hydroxyl groups excluding tert-OH is 1. The summed E-state index contributed by atoms with van der Waals surface area (Å²) in [5.74, 6) is 1.58. The predicted molar refractivity (Wildman–Crippen MR) is 77.4 cm³/mol. The molecule has 1 saturated carbocycles. The smallest absolute Gasteiger partial charge is 0.0636 e. The summed E-state index contributed by atoms with van der Waals surface area (Å²) in [5.41, 5.74) is 0. The average molecular weight is 315 g/mol. The van der Waals surface area contributed by atoms with Crippen molar-refractivity contribution in [2.24, 2.45) is 5.92 Å². The van der Waals surface area contributed by atoms with E-state index in [-0.39, 0.29) is 6.10 Å². The van der Waals surface area contributed by atoms with Gasteiger partial charge in [-0.05, 0) is 30.5 Å². The van der Waals surface area contributed by atoms with E-state index in [1.165, 1.54) is 30.6 Å². The molecule has 94 valence electrons. The molecule has 3 heteroatoms. The molecule has 0 aromatic heterocycles. The van der Waals surface area contributed by atoms with Gasteiger partial charge in [0.2, 0.25) is 0 Å². The monoisotopic (exact) mass is 314 g/mol. The van der Waals surface area contributed by atoms with Crippen LogP contribution in [-0.4, -0.2) is 17.0 Å². The molecule has 0 spiro atoms. The maximum atomic E-state index is 10.0. The minimum absolute atomic E-state index is 0.151. The van der Waals surface area contributed by atoms with Crippen LogP contribution in [0.15, 0.2) is 33.6 Å². The molecule has 1 nitrogen and oxygen atoms in total. The van der Waals surface area contributed by atoms with E-state index in [9.17, 15) is 5.11 Å². The van der Waals surface area contributed by atoms with Crippen LogP contribution in [0.25, 0.3) is 0 Å². The van der Waals surface area contributed by atoms with Crippen LogP contribution in [0.4, 0.5) is 0 Å². The van der Waals surface area contributed by atoms with Crippen molar-refractivity contribution >= 4 is 27.7 Å². The lowest BCUT2D eigenvalue weighted by Gasteiger charge is -2.14. The molecule has 1 aliphatic carbocycles. The van der Waals surface area contributed by atoms with Crippen LogP contribution < -0.4 is 0 Å². The predicted octanol–water partition coefficient (Wildman–Crippen LogP) is 4.48. The molecular formula is C14H19BrOS. The number of benzene rings is 1. The average Bonchev–Trinajstić information content (AvgIpc) is 2.79. The third kappa shape index (κ3) is 4.65. The lowest BCUT2D eigenvalue weighted by Crippen LogP contribution is -2.14. The van der Waals surface area contributed by atoms with Crippen molar-refractivity contribution in [2.45, 2.75) is 43.1 Å². The first kappa shape index (κ1) is 13.4. The van der Waals surface area contributed by atoms with Crippen molar-refractivity contribution in [1.29, 1.82) is 0 Å². The van der Waals surface area contributed by atoms with Crippen molar-refractivity contribution in [3.8, 4) is 0 Å². The number of halogens is 1. The zero-order valence-electron chi connectivity index (χ0n) is 9.94. The summed E-state index contributed by atoms with van der Waals surface area (Å²) >= 11 is 5.21. The first-order valence-electron chi connectivity index (χ1n) is 6.30. The molecule has 2 rings (SSSR count). The van der Waals surface area contributed by atoms with Gasteiger partial charge < -0.3 is 5.11 Å². The molecule has 0 bridgehead atoms. The Kier molecular flexibility index (Phi) is 5.39. The van der Waals surface area contributed by atoms with Gasteiger partial charge in [-0.3, -0.25) is 0 Å². The maximum absolute atomic E-state index is 10.0. The molecule has 1 aliphatic rings. The third-order valence-corrected chi connectivity index (χ3v) is 4.95. The Bertz CT molecular complexity index is 350. The van der Waals surface area contributed by atoms with E-state index >= 15 is 0 Å². The number of thioether (sulfide) groups is 1. The summed E-state index contributed by atoms with van der Waals surface area (Å²) in [6.45, 7) is 0. The highest BCUT2D eigenvalue weighted by molar-refractivity contribution is 9.10. The molecule has 1 aromatic carbocycles. The van der Waals surface area contributed by atoms with Gasteiger partial charge in [0.25, 0.3) is 0 Å². The summed E-state index contributed by atoms with van der Waals surface area (Å²) in [6, 6.07) is 8.26. The standard InChI is InChI=1S/C14H19BrOS/c15-12-6-3-7-14(9-12)17-10-13(16)8-11-4-1-2-5-11/h3,6-7,9,11,13,16H,1-2,4-5,8,10H2. The first-order valence-corrected chi connectivity index (χ1v) is 8.08. The second kappa shape index (κ2) is 6.81. The SMILES string of the molecule is OC(CSc1cccc(Br)c1)CC1CCCC1. The fourth-order valence-corrected chi connectivity index (χ4v) is 3.90. The second-order valence-corrected chi connectivity index (χ2v) is 6.82. The highest BCUT2D eigenvalue weighted by Gasteiger charge is 2.18. The highest BCUT2D eigenvalue weighted by Crippen LogP contribution is 2.30. The van der Waals surface area contributed by atoms with Crippen molar-refractivity contribution in [1.82, 2.24) is 0 Å².